The second-order valence-corrected chi connectivity index (χ2v) is 6.87. The van der Waals surface area contributed by atoms with Crippen LogP contribution in [0.15, 0.2) is 26.4 Å². The van der Waals surface area contributed by atoms with Crippen LogP contribution >= 0.6 is 27.7 Å². The summed E-state index contributed by atoms with van der Waals surface area (Å²) in [4.78, 5) is 12.2. The van der Waals surface area contributed by atoms with Crippen molar-refractivity contribution in [2.75, 3.05) is 5.75 Å². The molecule has 0 N–H and O–H groups in total. The van der Waals surface area contributed by atoms with E-state index in [0.717, 1.165) is 5.75 Å². The fourth-order valence-corrected chi connectivity index (χ4v) is 2.98. The maximum Gasteiger partial charge on any atom is 0.196 e. The van der Waals surface area contributed by atoms with Crippen molar-refractivity contribution in [1.82, 2.24) is 0 Å². The molecule has 19 heavy (non-hydrogen) atoms. The monoisotopic (exact) mass is 344 g/mol. The van der Waals surface area contributed by atoms with E-state index in [-0.39, 0.29) is 10.3 Å². The summed E-state index contributed by atoms with van der Waals surface area (Å²) in [5.41, 5.74) is 1.51. The standard InChI is InChI=1S/C14H14BrFO2S/c1-4-19-14-7(2)12(17)11-6-9(16)5-10(8(3)15)13(11)18-14/h5-6,8H,4H2,1-3H3. The maximum atomic E-state index is 13.6. The number of thioether (sulfide) groups is 1. The Kier molecular flexibility index (Phi) is 4.36. The lowest BCUT2D eigenvalue weighted by Crippen LogP contribution is -2.08. The highest BCUT2D eigenvalue weighted by molar-refractivity contribution is 9.09. The van der Waals surface area contributed by atoms with E-state index in [1.165, 1.54) is 23.9 Å². The van der Waals surface area contributed by atoms with Crippen LogP contribution in [-0.4, -0.2) is 5.75 Å². The molecule has 0 aliphatic heterocycles. The van der Waals surface area contributed by atoms with E-state index in [1.54, 1.807) is 6.92 Å². The first-order valence-electron chi connectivity index (χ1n) is 5.99. The summed E-state index contributed by atoms with van der Waals surface area (Å²) in [6.45, 7) is 5.58. The molecule has 0 fully saturated rings. The minimum Gasteiger partial charge on any atom is -0.449 e. The van der Waals surface area contributed by atoms with Crippen LogP contribution in [0.4, 0.5) is 4.39 Å². The van der Waals surface area contributed by atoms with E-state index in [1.807, 2.05) is 13.8 Å². The minimum atomic E-state index is -0.420. The van der Waals surface area contributed by atoms with Gasteiger partial charge in [0.25, 0.3) is 0 Å². The highest BCUT2D eigenvalue weighted by atomic mass is 79.9. The number of benzene rings is 1. The zero-order valence-electron chi connectivity index (χ0n) is 10.9. The summed E-state index contributed by atoms with van der Waals surface area (Å²) < 4.78 is 19.4. The molecule has 102 valence electrons. The zero-order valence-corrected chi connectivity index (χ0v) is 13.3. The predicted octanol–water partition coefficient (Wildman–Crippen LogP) is 4.81. The van der Waals surface area contributed by atoms with Gasteiger partial charge in [0, 0.05) is 16.0 Å². The number of alkyl halides is 1. The van der Waals surface area contributed by atoms with Crippen LogP contribution in [0.5, 0.6) is 0 Å². The molecule has 0 radical (unpaired) electrons. The third-order valence-corrected chi connectivity index (χ3v) is 4.31. The average Bonchev–Trinajstić information content (AvgIpc) is 2.36. The largest absolute Gasteiger partial charge is 0.449 e. The molecule has 0 bridgehead atoms. The number of fused-ring (bicyclic) bond motifs is 1. The van der Waals surface area contributed by atoms with Crippen LogP contribution in [0.1, 0.15) is 29.8 Å². The molecule has 2 rings (SSSR count). The third-order valence-electron chi connectivity index (χ3n) is 2.87. The summed E-state index contributed by atoms with van der Waals surface area (Å²) >= 11 is 4.89. The lowest BCUT2D eigenvalue weighted by atomic mass is 10.1. The Labute approximate surface area is 123 Å². The Hall–Kier alpha value is -0.810. The van der Waals surface area contributed by atoms with Crippen molar-refractivity contribution in [3.05, 3.63) is 39.3 Å². The van der Waals surface area contributed by atoms with Crippen LogP contribution in [-0.2, 0) is 0 Å². The highest BCUT2D eigenvalue weighted by Gasteiger charge is 2.17. The van der Waals surface area contributed by atoms with E-state index >= 15 is 0 Å². The molecule has 2 aromatic rings. The van der Waals surface area contributed by atoms with Crippen molar-refractivity contribution in [2.24, 2.45) is 0 Å². The van der Waals surface area contributed by atoms with Crippen LogP contribution in [0.25, 0.3) is 11.0 Å². The lowest BCUT2D eigenvalue weighted by Gasteiger charge is -2.11. The smallest absolute Gasteiger partial charge is 0.196 e. The number of rotatable bonds is 3. The number of hydrogen-bond acceptors (Lipinski definition) is 3. The van der Waals surface area contributed by atoms with E-state index in [4.69, 9.17) is 4.42 Å². The molecule has 1 unspecified atom stereocenters. The van der Waals surface area contributed by atoms with E-state index in [9.17, 15) is 9.18 Å². The highest BCUT2D eigenvalue weighted by Crippen LogP contribution is 2.32. The Balaban J connectivity index is 2.88. The van der Waals surface area contributed by atoms with Gasteiger partial charge in [-0.3, -0.25) is 4.79 Å². The first kappa shape index (κ1) is 14.6. The van der Waals surface area contributed by atoms with Crippen LogP contribution in [0.2, 0.25) is 0 Å². The first-order chi connectivity index (χ1) is 8.95. The molecule has 2 nitrogen and oxygen atoms in total. The average molecular weight is 345 g/mol. The first-order valence-corrected chi connectivity index (χ1v) is 7.89. The Morgan fingerprint density at radius 2 is 2.16 bits per heavy atom. The summed E-state index contributed by atoms with van der Waals surface area (Å²) in [6.07, 6.45) is 0. The van der Waals surface area contributed by atoms with Gasteiger partial charge in [0.15, 0.2) is 10.5 Å². The normalized spacial score (nSPS) is 12.9. The Morgan fingerprint density at radius 3 is 2.74 bits per heavy atom. The summed E-state index contributed by atoms with van der Waals surface area (Å²) in [5.74, 6) is 0.395. The van der Waals surface area contributed by atoms with Gasteiger partial charge < -0.3 is 4.42 Å². The molecular formula is C14H14BrFO2S. The molecule has 0 aliphatic rings. The van der Waals surface area contributed by atoms with Gasteiger partial charge in [0.1, 0.15) is 11.4 Å². The second kappa shape index (κ2) is 5.67. The molecule has 0 saturated carbocycles. The molecular weight excluding hydrogens is 331 g/mol. The fraction of sp³-hybridized carbons (Fsp3) is 0.357. The van der Waals surface area contributed by atoms with Crippen molar-refractivity contribution in [2.45, 2.75) is 30.7 Å². The van der Waals surface area contributed by atoms with Gasteiger partial charge in [0.05, 0.1) is 5.39 Å². The fourth-order valence-electron chi connectivity index (χ4n) is 1.93. The second-order valence-electron chi connectivity index (χ2n) is 4.26. The van der Waals surface area contributed by atoms with Gasteiger partial charge in [-0.05, 0) is 31.7 Å². The lowest BCUT2D eigenvalue weighted by molar-refractivity contribution is 0.488. The molecule has 1 atom stereocenters. The van der Waals surface area contributed by atoms with E-state index < -0.39 is 5.82 Å². The summed E-state index contributed by atoms with van der Waals surface area (Å²) in [6, 6.07) is 2.65. The van der Waals surface area contributed by atoms with Gasteiger partial charge in [-0.1, -0.05) is 34.6 Å². The van der Waals surface area contributed by atoms with Gasteiger partial charge in [-0.15, -0.1) is 0 Å². The SMILES string of the molecule is CCSc1oc2c(C(C)Br)cc(F)cc2c(=O)c1C. The quantitative estimate of drug-likeness (QED) is 0.591. The molecule has 1 aromatic heterocycles. The molecule has 0 saturated heterocycles. The maximum absolute atomic E-state index is 13.6. The number of halogens is 2. The molecule has 0 amide bonds. The molecule has 0 spiro atoms. The van der Waals surface area contributed by atoms with Crippen molar-refractivity contribution in [3.8, 4) is 0 Å². The van der Waals surface area contributed by atoms with Crippen LogP contribution < -0.4 is 5.43 Å². The van der Waals surface area contributed by atoms with E-state index in [2.05, 4.69) is 15.9 Å². The van der Waals surface area contributed by atoms with Crippen molar-refractivity contribution >= 4 is 38.7 Å². The van der Waals surface area contributed by atoms with E-state index in [0.29, 0.717) is 27.2 Å². The zero-order chi connectivity index (χ0) is 14.2. The molecule has 5 heteroatoms. The topological polar surface area (TPSA) is 30.2 Å². The van der Waals surface area contributed by atoms with Gasteiger partial charge in [-0.2, -0.15) is 0 Å². The predicted molar refractivity (Wildman–Crippen MR) is 80.9 cm³/mol. The van der Waals surface area contributed by atoms with Crippen molar-refractivity contribution in [3.63, 3.8) is 0 Å². The Morgan fingerprint density at radius 1 is 1.47 bits per heavy atom. The summed E-state index contributed by atoms with van der Waals surface area (Å²) in [5, 5.41) is 0.917. The van der Waals surface area contributed by atoms with Crippen molar-refractivity contribution < 1.29 is 8.81 Å². The van der Waals surface area contributed by atoms with Gasteiger partial charge in [-0.25, -0.2) is 4.39 Å². The molecule has 0 aliphatic carbocycles. The van der Waals surface area contributed by atoms with Crippen molar-refractivity contribution in [1.29, 1.82) is 0 Å². The Bertz CT molecular complexity index is 679. The molecule has 1 aromatic carbocycles. The number of hydrogen-bond donors (Lipinski definition) is 0. The summed E-state index contributed by atoms with van der Waals surface area (Å²) in [7, 11) is 0. The van der Waals surface area contributed by atoms with Crippen LogP contribution in [0, 0.1) is 12.7 Å². The van der Waals surface area contributed by atoms with Gasteiger partial charge >= 0.3 is 0 Å². The molecule has 1 heterocycles. The van der Waals surface area contributed by atoms with Gasteiger partial charge in [0.2, 0.25) is 0 Å². The third kappa shape index (κ3) is 2.72. The minimum absolute atomic E-state index is 0.0870. The van der Waals surface area contributed by atoms with Crippen LogP contribution in [0.3, 0.4) is 0 Å².